The Morgan fingerprint density at radius 1 is 0.923 bits per heavy atom. The molecule has 0 bridgehead atoms. The molecule has 2 fully saturated rings. The lowest BCUT2D eigenvalue weighted by Crippen LogP contribution is -2.46. The first-order valence-electron chi connectivity index (χ1n) is 13.6. The largest absolute Gasteiger partial charge is 0.367 e. The molecule has 2 aliphatic rings. The Kier molecular flexibility index (Phi) is 6.25. The number of nitrogens with zero attached hydrogens (tertiary/aromatic N) is 6. The Hall–Kier alpha value is -3.82. The molecule has 3 aromatic carbocycles. The van der Waals surface area contributed by atoms with Gasteiger partial charge in [0.25, 0.3) is 0 Å². The first-order valence-corrected chi connectivity index (χ1v) is 14.4. The van der Waals surface area contributed by atoms with E-state index in [2.05, 4.69) is 61.1 Å². The zero-order valence-electron chi connectivity index (χ0n) is 21.8. The zero-order valence-corrected chi connectivity index (χ0v) is 22.7. The molecule has 9 heteroatoms. The third kappa shape index (κ3) is 4.77. The molecule has 1 saturated heterocycles. The number of hydrogen-bond acceptors (Lipinski definition) is 7. The summed E-state index contributed by atoms with van der Waals surface area (Å²) in [4.78, 5) is 10.0. The van der Waals surface area contributed by atoms with Crippen molar-refractivity contribution >= 4 is 38.9 Å². The van der Waals surface area contributed by atoms with Crippen LogP contribution in [0.2, 0.25) is 0 Å². The van der Waals surface area contributed by atoms with Crippen LogP contribution in [-0.4, -0.2) is 57.4 Å². The lowest BCUT2D eigenvalue weighted by atomic mass is 10.2. The van der Waals surface area contributed by atoms with Gasteiger partial charge in [0.05, 0.1) is 22.4 Å². The summed E-state index contributed by atoms with van der Waals surface area (Å²) in [6.07, 6.45) is 2.27. The van der Waals surface area contributed by atoms with Crippen LogP contribution in [-0.2, 0) is 0 Å². The Morgan fingerprint density at radius 3 is 2.41 bits per heavy atom. The van der Waals surface area contributed by atoms with Gasteiger partial charge in [-0.3, -0.25) is 0 Å². The van der Waals surface area contributed by atoms with E-state index in [4.69, 9.17) is 4.98 Å². The molecule has 3 heterocycles. The predicted molar refractivity (Wildman–Crippen MR) is 156 cm³/mol. The summed E-state index contributed by atoms with van der Waals surface area (Å²) < 4.78 is 16.1. The molecule has 7 nitrogen and oxygen atoms in total. The highest BCUT2D eigenvalue weighted by Gasteiger charge is 2.30. The standard InChI is InChI=1S/C30H30FN7S/c1-2-36-14-16-37(17-15-36)26-19-27-25(32-28(38(27)23-12-13-23)20-8-10-22(31)11-9-20)18-24(26)33-30-35-34-29(39-30)21-6-4-3-5-7-21/h3-11,18-19,23H,2,12-17H2,1H3,(H,33,35). The number of nitrogens with one attached hydrogen (secondary N) is 1. The summed E-state index contributed by atoms with van der Waals surface area (Å²) in [5.41, 5.74) is 6.17. The summed E-state index contributed by atoms with van der Waals surface area (Å²) in [5.74, 6) is 0.661. The first-order chi connectivity index (χ1) is 19.2. The van der Waals surface area contributed by atoms with Crippen molar-refractivity contribution in [3.05, 3.63) is 72.5 Å². The van der Waals surface area contributed by atoms with Gasteiger partial charge < -0.3 is 19.7 Å². The van der Waals surface area contributed by atoms with Gasteiger partial charge in [0.15, 0.2) is 0 Å². The number of piperazine rings is 1. The van der Waals surface area contributed by atoms with Crippen molar-refractivity contribution in [2.45, 2.75) is 25.8 Å². The van der Waals surface area contributed by atoms with Crippen LogP contribution >= 0.6 is 11.3 Å². The number of hydrogen-bond donors (Lipinski definition) is 1. The second-order valence-corrected chi connectivity index (χ2v) is 11.2. The van der Waals surface area contributed by atoms with Gasteiger partial charge in [-0.2, -0.15) is 0 Å². The number of halogens is 1. The topological polar surface area (TPSA) is 62.1 Å². The summed E-state index contributed by atoms with van der Waals surface area (Å²) in [6.45, 7) is 7.28. The van der Waals surface area contributed by atoms with Crippen LogP contribution in [0, 0.1) is 5.82 Å². The SMILES string of the molecule is CCN1CCN(c2cc3c(cc2Nc2nnc(-c4ccccc4)s2)nc(-c2ccc(F)cc2)n3C2CC2)CC1. The number of fused-ring (bicyclic) bond motifs is 1. The lowest BCUT2D eigenvalue weighted by Gasteiger charge is -2.36. The van der Waals surface area contributed by atoms with Crippen molar-refractivity contribution in [2.75, 3.05) is 42.9 Å². The van der Waals surface area contributed by atoms with Crippen LogP contribution in [0.5, 0.6) is 0 Å². The van der Waals surface area contributed by atoms with Gasteiger partial charge in [-0.15, -0.1) is 10.2 Å². The van der Waals surface area contributed by atoms with E-state index >= 15 is 0 Å². The quantitative estimate of drug-likeness (QED) is 0.252. The molecule has 0 radical (unpaired) electrons. The summed E-state index contributed by atoms with van der Waals surface area (Å²) >= 11 is 1.55. The molecule has 0 spiro atoms. The van der Waals surface area contributed by atoms with Crippen LogP contribution in [0.15, 0.2) is 66.7 Å². The van der Waals surface area contributed by atoms with Gasteiger partial charge in [-0.1, -0.05) is 48.6 Å². The molecule has 5 aromatic rings. The van der Waals surface area contributed by atoms with Crippen molar-refractivity contribution < 1.29 is 4.39 Å². The van der Waals surface area contributed by atoms with Gasteiger partial charge in [-0.25, -0.2) is 9.37 Å². The summed E-state index contributed by atoms with van der Waals surface area (Å²) in [7, 11) is 0. The van der Waals surface area contributed by atoms with E-state index in [0.29, 0.717) is 6.04 Å². The van der Waals surface area contributed by atoms with Crippen molar-refractivity contribution in [1.82, 2.24) is 24.6 Å². The molecular weight excluding hydrogens is 509 g/mol. The Balaban J connectivity index is 1.32. The predicted octanol–water partition coefficient (Wildman–Crippen LogP) is 6.58. The maximum Gasteiger partial charge on any atom is 0.210 e. The highest BCUT2D eigenvalue weighted by Crippen LogP contribution is 2.44. The molecule has 1 saturated carbocycles. The summed E-state index contributed by atoms with van der Waals surface area (Å²) in [5, 5.41) is 14.1. The van der Waals surface area contributed by atoms with Gasteiger partial charge in [-0.05, 0) is 55.8 Å². The minimum absolute atomic E-state index is 0.236. The minimum atomic E-state index is -0.236. The van der Waals surface area contributed by atoms with E-state index in [1.165, 1.54) is 12.1 Å². The van der Waals surface area contributed by atoms with E-state index in [0.717, 1.165) is 95.1 Å². The second-order valence-electron chi connectivity index (χ2n) is 10.2. The van der Waals surface area contributed by atoms with E-state index < -0.39 is 0 Å². The molecule has 0 atom stereocenters. The van der Waals surface area contributed by atoms with Crippen molar-refractivity contribution in [1.29, 1.82) is 0 Å². The highest BCUT2D eigenvalue weighted by molar-refractivity contribution is 7.18. The van der Waals surface area contributed by atoms with Crippen molar-refractivity contribution in [3.8, 4) is 22.0 Å². The van der Waals surface area contributed by atoms with Gasteiger partial charge in [0, 0.05) is 43.3 Å². The molecule has 2 aromatic heterocycles. The van der Waals surface area contributed by atoms with Crippen LogP contribution in [0.1, 0.15) is 25.8 Å². The molecule has 1 aliphatic heterocycles. The third-order valence-electron chi connectivity index (χ3n) is 7.67. The lowest BCUT2D eigenvalue weighted by molar-refractivity contribution is 0.271. The number of benzene rings is 3. The minimum Gasteiger partial charge on any atom is -0.367 e. The molecule has 7 rings (SSSR count). The van der Waals surface area contributed by atoms with Crippen LogP contribution < -0.4 is 10.2 Å². The number of aromatic nitrogens is 4. The molecule has 1 N–H and O–H groups in total. The van der Waals surface area contributed by atoms with E-state index in [9.17, 15) is 4.39 Å². The third-order valence-corrected chi connectivity index (χ3v) is 8.56. The number of imidazole rings is 1. The van der Waals surface area contributed by atoms with Crippen LogP contribution in [0.25, 0.3) is 33.0 Å². The van der Waals surface area contributed by atoms with E-state index in [1.807, 2.05) is 30.3 Å². The Bertz CT molecular complexity index is 1600. The molecular formula is C30H30FN7S. The zero-order chi connectivity index (χ0) is 26.3. The van der Waals surface area contributed by atoms with Crippen molar-refractivity contribution in [3.63, 3.8) is 0 Å². The van der Waals surface area contributed by atoms with Crippen LogP contribution in [0.4, 0.5) is 20.9 Å². The average Bonchev–Trinajstić information content (AvgIpc) is 3.59. The molecule has 0 amide bonds. The van der Waals surface area contributed by atoms with Crippen molar-refractivity contribution in [2.24, 2.45) is 0 Å². The number of rotatable bonds is 7. The van der Waals surface area contributed by atoms with Crippen LogP contribution in [0.3, 0.4) is 0 Å². The van der Waals surface area contributed by atoms with Gasteiger partial charge >= 0.3 is 0 Å². The highest BCUT2D eigenvalue weighted by atomic mass is 32.1. The van der Waals surface area contributed by atoms with Gasteiger partial charge in [0.2, 0.25) is 5.13 Å². The molecule has 1 aliphatic carbocycles. The molecule has 198 valence electrons. The molecule has 39 heavy (non-hydrogen) atoms. The summed E-state index contributed by atoms with van der Waals surface area (Å²) in [6, 6.07) is 21.7. The molecule has 0 unspecified atom stereocenters. The monoisotopic (exact) mass is 539 g/mol. The normalized spacial score (nSPS) is 16.2. The average molecular weight is 540 g/mol. The fraction of sp³-hybridized carbons (Fsp3) is 0.300. The Labute approximate surface area is 230 Å². The fourth-order valence-corrected chi connectivity index (χ4v) is 6.15. The second kappa shape index (κ2) is 10.1. The fourth-order valence-electron chi connectivity index (χ4n) is 5.39. The van der Waals surface area contributed by atoms with Gasteiger partial charge in [0.1, 0.15) is 16.6 Å². The van der Waals surface area contributed by atoms with E-state index in [-0.39, 0.29) is 5.82 Å². The Morgan fingerprint density at radius 2 is 1.69 bits per heavy atom. The maximum absolute atomic E-state index is 13.7. The number of likely N-dealkylation sites (N-methyl/N-ethyl adjacent to an activating group) is 1. The smallest absolute Gasteiger partial charge is 0.210 e. The first kappa shape index (κ1) is 24.2. The maximum atomic E-state index is 13.7. The number of anilines is 3. The van der Waals surface area contributed by atoms with E-state index in [1.54, 1.807) is 11.3 Å².